The van der Waals surface area contributed by atoms with Gasteiger partial charge in [-0.25, -0.2) is 4.98 Å². The van der Waals surface area contributed by atoms with E-state index in [0.717, 1.165) is 5.82 Å². The molecule has 2 N–H and O–H groups in total. The van der Waals surface area contributed by atoms with Gasteiger partial charge in [0.2, 0.25) is 0 Å². The number of thiophene rings is 1. The van der Waals surface area contributed by atoms with Crippen LogP contribution < -0.4 is 16.2 Å². The van der Waals surface area contributed by atoms with Gasteiger partial charge < -0.3 is 10.6 Å². The monoisotopic (exact) mass is 390 g/mol. The Morgan fingerprint density at radius 3 is 2.46 bits per heavy atom. The Labute approximate surface area is 165 Å². The number of nitrogens with zero attached hydrogens (tertiary/aromatic N) is 3. The van der Waals surface area contributed by atoms with Gasteiger partial charge in [-0.05, 0) is 18.2 Å². The zero-order valence-corrected chi connectivity index (χ0v) is 16.2. The largest absolute Gasteiger partial charge is 0.390 e. The molecule has 0 bridgehead atoms. The molecule has 3 aromatic heterocycles. The van der Waals surface area contributed by atoms with Crippen LogP contribution in [0.25, 0.3) is 15.9 Å². The molecule has 0 aliphatic carbocycles. The maximum absolute atomic E-state index is 13.0. The first kappa shape index (κ1) is 17.9. The van der Waals surface area contributed by atoms with Gasteiger partial charge in [0.15, 0.2) is 5.78 Å². The molecule has 1 aromatic carbocycles. The van der Waals surface area contributed by atoms with Crippen molar-refractivity contribution in [3.8, 4) is 5.69 Å². The molecule has 0 fully saturated rings. The Morgan fingerprint density at radius 2 is 1.82 bits per heavy atom. The van der Waals surface area contributed by atoms with E-state index in [1.807, 2.05) is 49.3 Å². The molecule has 0 aliphatic heterocycles. The van der Waals surface area contributed by atoms with Crippen molar-refractivity contribution in [3.63, 3.8) is 0 Å². The van der Waals surface area contributed by atoms with E-state index in [9.17, 15) is 9.59 Å². The molecule has 0 aliphatic rings. The summed E-state index contributed by atoms with van der Waals surface area (Å²) in [6.45, 7) is 0. The van der Waals surface area contributed by atoms with Crippen LogP contribution in [-0.2, 0) is 0 Å². The Kier molecular flexibility index (Phi) is 4.44. The highest BCUT2D eigenvalue weighted by Gasteiger charge is 2.21. The second-order valence-corrected chi connectivity index (χ2v) is 7.56. The predicted octanol–water partition coefficient (Wildman–Crippen LogP) is 3.33. The third-order valence-electron chi connectivity index (χ3n) is 4.48. The summed E-state index contributed by atoms with van der Waals surface area (Å²) < 4.78 is 1.55. The zero-order chi connectivity index (χ0) is 19.8. The number of benzene rings is 1. The highest BCUT2D eigenvalue weighted by atomic mass is 32.1. The van der Waals surface area contributed by atoms with Gasteiger partial charge in [-0.1, -0.05) is 41.7 Å². The van der Waals surface area contributed by atoms with E-state index in [0.29, 0.717) is 32.0 Å². The van der Waals surface area contributed by atoms with Crippen LogP contribution in [0, 0.1) is 0 Å². The van der Waals surface area contributed by atoms with Crippen LogP contribution in [0.5, 0.6) is 0 Å². The van der Waals surface area contributed by atoms with Crippen LogP contribution in [0.2, 0.25) is 0 Å². The molecule has 0 saturated carbocycles. The number of ketones is 1. The van der Waals surface area contributed by atoms with E-state index in [2.05, 4.69) is 4.98 Å². The molecule has 28 heavy (non-hydrogen) atoms. The molecule has 4 aromatic rings. The molecule has 6 nitrogen and oxygen atoms in total. The zero-order valence-electron chi connectivity index (χ0n) is 15.4. The number of fused-ring (bicyclic) bond motifs is 1. The summed E-state index contributed by atoms with van der Waals surface area (Å²) in [4.78, 5) is 32.5. The standard InChI is InChI=1S/C21H18N4O2S/c1-24(2)16-10-8-14(12-23-16)25-17(26)11-9-15-18(20(22)28-21(15)25)19(27)13-6-4-3-5-7-13/h3-12H,22H2,1-2H3. The fraction of sp³-hybridized carbons (Fsp3) is 0.0952. The number of rotatable bonds is 4. The number of carbonyl (C=O) groups is 1. The second-order valence-electron chi connectivity index (χ2n) is 6.53. The summed E-state index contributed by atoms with van der Waals surface area (Å²) >= 11 is 1.23. The average Bonchev–Trinajstić information content (AvgIpc) is 3.03. The normalized spacial score (nSPS) is 10.9. The molecule has 0 spiro atoms. The number of carbonyl (C=O) groups excluding carboxylic acids is 1. The summed E-state index contributed by atoms with van der Waals surface area (Å²) in [6.07, 6.45) is 1.64. The van der Waals surface area contributed by atoms with Crippen LogP contribution in [0.3, 0.4) is 0 Å². The molecular weight excluding hydrogens is 372 g/mol. The van der Waals surface area contributed by atoms with E-state index in [1.165, 1.54) is 17.4 Å². The minimum atomic E-state index is -0.202. The summed E-state index contributed by atoms with van der Waals surface area (Å²) in [5, 5.41) is 1.05. The summed E-state index contributed by atoms with van der Waals surface area (Å²) in [6, 6.07) is 15.8. The highest BCUT2D eigenvalue weighted by molar-refractivity contribution is 7.22. The van der Waals surface area contributed by atoms with Crippen LogP contribution in [0.15, 0.2) is 65.6 Å². The van der Waals surface area contributed by atoms with Crippen LogP contribution >= 0.6 is 11.3 Å². The number of nitrogens with two attached hydrogens (primary N) is 1. The number of anilines is 2. The lowest BCUT2D eigenvalue weighted by Crippen LogP contribution is -2.17. The predicted molar refractivity (Wildman–Crippen MR) is 114 cm³/mol. The fourth-order valence-electron chi connectivity index (χ4n) is 3.09. The number of aromatic nitrogens is 2. The van der Waals surface area contributed by atoms with Crippen molar-refractivity contribution >= 4 is 38.2 Å². The number of nitrogen functional groups attached to an aromatic ring is 1. The summed E-state index contributed by atoms with van der Waals surface area (Å²) in [5.41, 5.74) is 7.62. The number of hydrogen-bond donors (Lipinski definition) is 1. The molecule has 4 rings (SSSR count). The van der Waals surface area contributed by atoms with E-state index < -0.39 is 0 Å². The van der Waals surface area contributed by atoms with Crippen LogP contribution in [0.1, 0.15) is 15.9 Å². The molecule has 140 valence electrons. The minimum absolute atomic E-state index is 0.157. The van der Waals surface area contributed by atoms with Gasteiger partial charge in [0.1, 0.15) is 10.6 Å². The van der Waals surface area contributed by atoms with Gasteiger partial charge in [0.05, 0.1) is 22.4 Å². The number of hydrogen-bond acceptors (Lipinski definition) is 6. The van der Waals surface area contributed by atoms with E-state index in [4.69, 9.17) is 5.73 Å². The Hall–Kier alpha value is -3.45. The lowest BCUT2D eigenvalue weighted by atomic mass is 10.0. The van der Waals surface area contributed by atoms with E-state index in [1.54, 1.807) is 29.0 Å². The molecule has 0 saturated heterocycles. The first-order chi connectivity index (χ1) is 13.5. The first-order valence-electron chi connectivity index (χ1n) is 8.65. The Balaban J connectivity index is 1.91. The van der Waals surface area contributed by atoms with Crippen molar-refractivity contribution < 1.29 is 4.79 Å². The lowest BCUT2D eigenvalue weighted by Gasteiger charge is -2.12. The molecule has 7 heteroatoms. The highest BCUT2D eigenvalue weighted by Crippen LogP contribution is 2.35. The van der Waals surface area contributed by atoms with Gasteiger partial charge >= 0.3 is 0 Å². The molecule has 0 atom stereocenters. The quantitative estimate of drug-likeness (QED) is 0.541. The maximum Gasteiger partial charge on any atom is 0.256 e. The van der Waals surface area contributed by atoms with Crippen LogP contribution in [0.4, 0.5) is 10.8 Å². The van der Waals surface area contributed by atoms with Gasteiger partial charge in [-0.15, -0.1) is 0 Å². The molecule has 0 unspecified atom stereocenters. The minimum Gasteiger partial charge on any atom is -0.390 e. The van der Waals surface area contributed by atoms with Gasteiger partial charge in [-0.3, -0.25) is 14.2 Å². The van der Waals surface area contributed by atoms with Crippen molar-refractivity contribution in [1.29, 1.82) is 0 Å². The fourth-order valence-corrected chi connectivity index (χ4v) is 4.17. The Bertz CT molecular complexity index is 1230. The van der Waals surface area contributed by atoms with E-state index in [-0.39, 0.29) is 11.3 Å². The average molecular weight is 390 g/mol. The van der Waals surface area contributed by atoms with Gasteiger partial charge in [-0.2, -0.15) is 0 Å². The maximum atomic E-state index is 13.0. The molecule has 0 amide bonds. The van der Waals surface area contributed by atoms with Crippen molar-refractivity contribution in [2.75, 3.05) is 24.7 Å². The van der Waals surface area contributed by atoms with Crippen LogP contribution in [-0.4, -0.2) is 29.4 Å². The van der Waals surface area contributed by atoms with Crippen molar-refractivity contribution in [1.82, 2.24) is 9.55 Å². The second kappa shape index (κ2) is 6.94. The summed E-state index contributed by atoms with van der Waals surface area (Å²) in [7, 11) is 3.80. The van der Waals surface area contributed by atoms with E-state index >= 15 is 0 Å². The lowest BCUT2D eigenvalue weighted by molar-refractivity contribution is 0.104. The van der Waals surface area contributed by atoms with Crippen molar-refractivity contribution in [3.05, 3.63) is 82.3 Å². The summed E-state index contributed by atoms with van der Waals surface area (Å²) in [5.74, 6) is 0.630. The first-order valence-corrected chi connectivity index (χ1v) is 9.46. The molecule has 0 radical (unpaired) electrons. The topological polar surface area (TPSA) is 81.2 Å². The Morgan fingerprint density at radius 1 is 1.07 bits per heavy atom. The van der Waals surface area contributed by atoms with Crippen molar-refractivity contribution in [2.45, 2.75) is 0 Å². The van der Waals surface area contributed by atoms with Crippen molar-refractivity contribution in [2.24, 2.45) is 0 Å². The third kappa shape index (κ3) is 2.95. The molecular formula is C21H18N4O2S. The third-order valence-corrected chi connectivity index (χ3v) is 5.50. The smallest absolute Gasteiger partial charge is 0.256 e. The van der Waals surface area contributed by atoms with Gasteiger partial charge in [0, 0.05) is 31.1 Å². The SMILES string of the molecule is CN(C)c1ccc(-n2c(=O)ccc3c(C(=O)c4ccccc4)c(N)sc32)cn1. The van der Waals surface area contributed by atoms with Gasteiger partial charge in [0.25, 0.3) is 5.56 Å². The number of pyridine rings is 2. The molecule has 3 heterocycles.